The topological polar surface area (TPSA) is 83.1 Å². The number of methoxy groups -OCH3 is 1. The normalized spacial score (nSPS) is 15.7. The number of carbonyl (C=O) groups excluding carboxylic acids is 1. The molecule has 31 heavy (non-hydrogen) atoms. The summed E-state index contributed by atoms with van der Waals surface area (Å²) in [5, 5.41) is 11.7. The van der Waals surface area contributed by atoms with E-state index in [-0.39, 0.29) is 11.9 Å². The Bertz CT molecular complexity index is 1210. The van der Waals surface area contributed by atoms with E-state index in [1.54, 1.807) is 19.5 Å². The van der Waals surface area contributed by atoms with E-state index in [1.807, 2.05) is 36.4 Å². The number of aromatic amines is 1. The van der Waals surface area contributed by atoms with E-state index >= 15 is 0 Å². The standard InChI is InChI=1S/C24H23N5O2/c1-31-12-11-29-21-14-18-19(27-28-23(18)17-7-9-25-10-8-17)15-20(21)26-24(30)22(29)13-16-5-3-2-4-6-16/h2-10,14-15,22H,11-13H2,1H3,(H,26,30)(H,27,28). The molecule has 5 rings (SSSR count). The van der Waals surface area contributed by atoms with Crippen molar-refractivity contribution in [3.63, 3.8) is 0 Å². The Balaban J connectivity index is 1.59. The number of carbonyl (C=O) groups is 1. The quantitative estimate of drug-likeness (QED) is 0.504. The molecule has 1 atom stereocenters. The van der Waals surface area contributed by atoms with Crippen molar-refractivity contribution in [2.75, 3.05) is 30.5 Å². The number of rotatable bonds is 6. The van der Waals surface area contributed by atoms with E-state index in [2.05, 4.69) is 43.6 Å². The maximum Gasteiger partial charge on any atom is 0.247 e. The third-order valence-electron chi connectivity index (χ3n) is 5.69. The molecule has 2 N–H and O–H groups in total. The summed E-state index contributed by atoms with van der Waals surface area (Å²) in [7, 11) is 1.68. The van der Waals surface area contributed by atoms with E-state index < -0.39 is 0 Å². The molecule has 2 aromatic carbocycles. The van der Waals surface area contributed by atoms with Gasteiger partial charge in [-0.3, -0.25) is 14.9 Å². The molecular formula is C24H23N5O2. The molecule has 7 nitrogen and oxygen atoms in total. The van der Waals surface area contributed by atoms with Gasteiger partial charge in [-0.25, -0.2) is 0 Å². The van der Waals surface area contributed by atoms with Crippen molar-refractivity contribution in [2.24, 2.45) is 0 Å². The van der Waals surface area contributed by atoms with Crippen molar-refractivity contribution in [1.82, 2.24) is 15.2 Å². The summed E-state index contributed by atoms with van der Waals surface area (Å²) < 4.78 is 5.36. The molecule has 0 fully saturated rings. The molecule has 1 amide bonds. The second kappa shape index (κ2) is 8.20. The van der Waals surface area contributed by atoms with Gasteiger partial charge < -0.3 is 15.0 Å². The summed E-state index contributed by atoms with van der Waals surface area (Å²) >= 11 is 0. The number of anilines is 2. The average Bonchev–Trinajstić information content (AvgIpc) is 3.22. The van der Waals surface area contributed by atoms with Crippen molar-refractivity contribution in [2.45, 2.75) is 12.5 Å². The molecule has 7 heteroatoms. The number of hydrogen-bond donors (Lipinski definition) is 2. The van der Waals surface area contributed by atoms with Gasteiger partial charge in [0.05, 0.1) is 23.5 Å². The highest BCUT2D eigenvalue weighted by Gasteiger charge is 2.33. The Morgan fingerprint density at radius 1 is 1.10 bits per heavy atom. The average molecular weight is 413 g/mol. The van der Waals surface area contributed by atoms with Crippen LogP contribution in [-0.4, -0.2) is 47.4 Å². The van der Waals surface area contributed by atoms with Gasteiger partial charge in [-0.2, -0.15) is 5.10 Å². The molecule has 0 saturated heterocycles. The number of H-pyrrole nitrogens is 1. The Morgan fingerprint density at radius 3 is 2.68 bits per heavy atom. The predicted molar refractivity (Wildman–Crippen MR) is 121 cm³/mol. The smallest absolute Gasteiger partial charge is 0.247 e. The van der Waals surface area contributed by atoms with Gasteiger partial charge in [-0.05, 0) is 29.8 Å². The number of fused-ring (bicyclic) bond motifs is 2. The fourth-order valence-corrected chi connectivity index (χ4v) is 4.15. The number of hydrogen-bond acceptors (Lipinski definition) is 5. The van der Waals surface area contributed by atoms with Gasteiger partial charge in [0.15, 0.2) is 0 Å². The van der Waals surface area contributed by atoms with Crippen LogP contribution in [0.4, 0.5) is 11.4 Å². The summed E-state index contributed by atoms with van der Waals surface area (Å²) in [6, 6.07) is 17.7. The lowest BCUT2D eigenvalue weighted by atomic mass is 9.98. The first-order chi connectivity index (χ1) is 15.2. The molecule has 1 unspecified atom stereocenters. The fraction of sp³-hybridized carbons (Fsp3) is 0.208. The summed E-state index contributed by atoms with van der Waals surface area (Å²) in [6.45, 7) is 1.14. The second-order valence-corrected chi connectivity index (χ2v) is 7.60. The minimum absolute atomic E-state index is 0.0133. The number of amides is 1. The number of pyridine rings is 1. The molecule has 0 radical (unpaired) electrons. The molecule has 1 aliphatic rings. The van der Waals surface area contributed by atoms with Gasteiger partial charge in [0.2, 0.25) is 5.91 Å². The van der Waals surface area contributed by atoms with Crippen molar-refractivity contribution in [3.05, 3.63) is 72.6 Å². The van der Waals surface area contributed by atoms with Gasteiger partial charge in [0, 0.05) is 43.4 Å². The zero-order chi connectivity index (χ0) is 21.2. The molecular weight excluding hydrogens is 390 g/mol. The maximum atomic E-state index is 13.1. The number of benzene rings is 2. The van der Waals surface area contributed by atoms with E-state index in [0.29, 0.717) is 19.6 Å². The number of nitrogens with one attached hydrogen (secondary N) is 2. The molecule has 4 aromatic rings. The van der Waals surface area contributed by atoms with Gasteiger partial charge in [-0.1, -0.05) is 30.3 Å². The lowest BCUT2D eigenvalue weighted by Crippen LogP contribution is -2.50. The van der Waals surface area contributed by atoms with Crippen LogP contribution in [-0.2, 0) is 16.0 Å². The Labute approximate surface area is 180 Å². The second-order valence-electron chi connectivity index (χ2n) is 7.60. The third kappa shape index (κ3) is 3.64. The lowest BCUT2D eigenvalue weighted by molar-refractivity contribution is -0.117. The van der Waals surface area contributed by atoms with Gasteiger partial charge in [-0.15, -0.1) is 0 Å². The third-order valence-corrected chi connectivity index (χ3v) is 5.69. The lowest BCUT2D eigenvalue weighted by Gasteiger charge is -2.38. The van der Waals surface area contributed by atoms with E-state index in [4.69, 9.17) is 4.74 Å². The Hall–Kier alpha value is -3.71. The zero-order valence-electron chi connectivity index (χ0n) is 17.2. The first kappa shape index (κ1) is 19.3. The van der Waals surface area contributed by atoms with Crippen LogP contribution < -0.4 is 10.2 Å². The van der Waals surface area contributed by atoms with Crippen LogP contribution in [0.1, 0.15) is 5.56 Å². The molecule has 3 heterocycles. The van der Waals surface area contributed by atoms with E-state index in [0.717, 1.165) is 39.1 Å². The maximum absolute atomic E-state index is 13.1. The summed E-state index contributed by atoms with van der Waals surface area (Å²) in [5.74, 6) is -0.0133. The first-order valence-electron chi connectivity index (χ1n) is 10.3. The minimum atomic E-state index is -0.321. The Morgan fingerprint density at radius 2 is 1.90 bits per heavy atom. The minimum Gasteiger partial charge on any atom is -0.383 e. The van der Waals surface area contributed by atoms with Crippen LogP contribution in [0.3, 0.4) is 0 Å². The SMILES string of the molecule is COCCN1c2cc3c(-c4ccncc4)n[nH]c3cc2NC(=O)C1Cc1ccccc1. The van der Waals surface area contributed by atoms with Crippen molar-refractivity contribution in [3.8, 4) is 11.3 Å². The monoisotopic (exact) mass is 413 g/mol. The molecule has 0 aliphatic carbocycles. The summed E-state index contributed by atoms with van der Waals surface area (Å²) in [5.41, 5.74) is 5.60. The summed E-state index contributed by atoms with van der Waals surface area (Å²) in [4.78, 5) is 19.3. The van der Waals surface area contributed by atoms with Gasteiger partial charge >= 0.3 is 0 Å². The highest BCUT2D eigenvalue weighted by molar-refractivity contribution is 6.08. The van der Waals surface area contributed by atoms with Crippen molar-refractivity contribution >= 4 is 28.2 Å². The van der Waals surface area contributed by atoms with Crippen molar-refractivity contribution < 1.29 is 9.53 Å². The van der Waals surface area contributed by atoms with Crippen LogP contribution >= 0.6 is 0 Å². The molecule has 1 aliphatic heterocycles. The highest BCUT2D eigenvalue weighted by Crippen LogP contribution is 2.38. The molecule has 0 bridgehead atoms. The van der Waals surface area contributed by atoms with Crippen LogP contribution in [0.5, 0.6) is 0 Å². The van der Waals surface area contributed by atoms with Gasteiger partial charge in [0.25, 0.3) is 0 Å². The molecule has 2 aromatic heterocycles. The van der Waals surface area contributed by atoms with E-state index in [9.17, 15) is 4.79 Å². The Kier molecular flexibility index (Phi) is 5.09. The molecule has 0 saturated carbocycles. The zero-order valence-corrected chi connectivity index (χ0v) is 17.2. The van der Waals surface area contributed by atoms with Crippen molar-refractivity contribution in [1.29, 1.82) is 0 Å². The van der Waals surface area contributed by atoms with Crippen LogP contribution in [0, 0.1) is 0 Å². The number of aromatic nitrogens is 3. The van der Waals surface area contributed by atoms with E-state index in [1.165, 1.54) is 0 Å². The number of nitrogens with zero attached hydrogens (tertiary/aromatic N) is 3. The summed E-state index contributed by atoms with van der Waals surface area (Å²) in [6.07, 6.45) is 4.14. The van der Waals surface area contributed by atoms with Crippen LogP contribution in [0.2, 0.25) is 0 Å². The number of ether oxygens (including phenoxy) is 1. The highest BCUT2D eigenvalue weighted by atomic mass is 16.5. The predicted octanol–water partition coefficient (Wildman–Crippen LogP) is 3.64. The van der Waals surface area contributed by atoms with Crippen LogP contribution in [0.25, 0.3) is 22.2 Å². The van der Waals surface area contributed by atoms with Crippen LogP contribution in [0.15, 0.2) is 67.0 Å². The molecule has 156 valence electrons. The molecule has 0 spiro atoms. The van der Waals surface area contributed by atoms with Gasteiger partial charge in [0.1, 0.15) is 11.7 Å². The largest absolute Gasteiger partial charge is 0.383 e. The fourth-order valence-electron chi connectivity index (χ4n) is 4.15. The first-order valence-corrected chi connectivity index (χ1v) is 10.3.